The predicted octanol–water partition coefficient (Wildman–Crippen LogP) is 3.39. The van der Waals surface area contributed by atoms with Crippen LogP contribution in [0.25, 0.3) is 11.4 Å². The maximum absolute atomic E-state index is 13.2. The molecule has 94 valence electrons. The lowest BCUT2D eigenvalue weighted by Crippen LogP contribution is -1.98. The van der Waals surface area contributed by atoms with E-state index in [1.54, 1.807) is 32.2 Å². The first kappa shape index (κ1) is 12.9. The molecule has 0 saturated carbocycles. The van der Waals surface area contributed by atoms with Crippen molar-refractivity contribution in [3.63, 3.8) is 0 Å². The fourth-order valence-corrected chi connectivity index (χ4v) is 1.80. The van der Waals surface area contributed by atoms with Crippen LogP contribution < -0.4 is 0 Å². The van der Waals surface area contributed by atoms with Crippen LogP contribution in [0, 0.1) is 12.7 Å². The number of hydrogen-bond donors (Lipinski definition) is 0. The Morgan fingerprint density at radius 1 is 1.28 bits per heavy atom. The molecule has 0 fully saturated rings. The van der Waals surface area contributed by atoms with Gasteiger partial charge in [0.1, 0.15) is 11.0 Å². The van der Waals surface area contributed by atoms with Gasteiger partial charge in [-0.3, -0.25) is 0 Å². The van der Waals surface area contributed by atoms with Crippen molar-refractivity contribution in [2.45, 2.75) is 13.5 Å². The number of aryl methyl sites for hydroxylation is 1. The molecule has 0 spiro atoms. The molecule has 0 N–H and O–H groups in total. The van der Waals surface area contributed by atoms with Gasteiger partial charge in [0.15, 0.2) is 5.82 Å². The van der Waals surface area contributed by atoms with Gasteiger partial charge in [-0.1, -0.05) is 11.6 Å². The molecule has 0 unspecified atom stereocenters. The number of aromatic nitrogens is 2. The van der Waals surface area contributed by atoms with Crippen molar-refractivity contribution in [3.8, 4) is 11.4 Å². The zero-order chi connectivity index (χ0) is 13.1. The van der Waals surface area contributed by atoms with E-state index in [4.69, 9.17) is 16.3 Å². The first-order valence-corrected chi connectivity index (χ1v) is 5.77. The zero-order valence-corrected chi connectivity index (χ0v) is 10.8. The average molecular weight is 267 g/mol. The van der Waals surface area contributed by atoms with Gasteiger partial charge in [0.25, 0.3) is 0 Å². The minimum Gasteiger partial charge on any atom is -0.378 e. The maximum atomic E-state index is 13.2. The third-order valence-corrected chi connectivity index (χ3v) is 2.65. The second kappa shape index (κ2) is 5.42. The van der Waals surface area contributed by atoms with E-state index in [-0.39, 0.29) is 5.82 Å². The van der Waals surface area contributed by atoms with E-state index in [1.807, 2.05) is 0 Å². The number of rotatable bonds is 3. The van der Waals surface area contributed by atoms with Gasteiger partial charge in [0, 0.05) is 12.7 Å². The van der Waals surface area contributed by atoms with Crippen molar-refractivity contribution < 1.29 is 9.13 Å². The molecule has 2 rings (SSSR count). The second-order valence-electron chi connectivity index (χ2n) is 3.90. The van der Waals surface area contributed by atoms with E-state index in [9.17, 15) is 4.39 Å². The molecular formula is C13H12ClFN2O. The van der Waals surface area contributed by atoms with E-state index in [2.05, 4.69) is 9.97 Å². The van der Waals surface area contributed by atoms with E-state index in [0.717, 1.165) is 5.56 Å². The summed E-state index contributed by atoms with van der Waals surface area (Å²) >= 11 is 5.93. The largest absolute Gasteiger partial charge is 0.378 e. The van der Waals surface area contributed by atoms with Crippen LogP contribution in [0.5, 0.6) is 0 Å². The number of halogens is 2. The molecule has 0 aliphatic heterocycles. The second-order valence-corrected chi connectivity index (χ2v) is 4.29. The minimum atomic E-state index is -0.252. The van der Waals surface area contributed by atoms with Crippen LogP contribution in [-0.2, 0) is 11.3 Å². The molecule has 1 heterocycles. The molecule has 1 aromatic carbocycles. The number of hydrogen-bond acceptors (Lipinski definition) is 3. The summed E-state index contributed by atoms with van der Waals surface area (Å²) in [6, 6.07) is 6.36. The van der Waals surface area contributed by atoms with Crippen LogP contribution in [0.15, 0.2) is 24.3 Å². The minimum absolute atomic E-state index is 0.252. The van der Waals surface area contributed by atoms with Crippen molar-refractivity contribution in [1.29, 1.82) is 0 Å². The molecule has 0 aliphatic rings. The molecule has 1 aromatic heterocycles. The summed E-state index contributed by atoms with van der Waals surface area (Å²) in [5, 5.41) is 0.342. The summed E-state index contributed by atoms with van der Waals surface area (Å²) < 4.78 is 18.2. The quantitative estimate of drug-likeness (QED) is 0.799. The summed E-state index contributed by atoms with van der Waals surface area (Å²) in [5.74, 6) is 0.218. The van der Waals surface area contributed by atoms with Crippen LogP contribution in [-0.4, -0.2) is 17.1 Å². The maximum Gasteiger partial charge on any atom is 0.161 e. The topological polar surface area (TPSA) is 35.0 Å². The molecular weight excluding hydrogens is 255 g/mol. The Morgan fingerprint density at radius 2 is 2.06 bits per heavy atom. The number of methoxy groups -OCH3 is 1. The van der Waals surface area contributed by atoms with Crippen LogP contribution in [0.4, 0.5) is 4.39 Å². The van der Waals surface area contributed by atoms with Crippen LogP contribution in [0.3, 0.4) is 0 Å². The fourth-order valence-electron chi connectivity index (χ4n) is 1.60. The molecule has 0 radical (unpaired) electrons. The number of nitrogens with zero attached hydrogens (tertiary/aromatic N) is 2. The molecule has 2 aromatic rings. The van der Waals surface area contributed by atoms with Crippen molar-refractivity contribution in [3.05, 3.63) is 46.5 Å². The Balaban J connectivity index is 2.46. The van der Waals surface area contributed by atoms with E-state index >= 15 is 0 Å². The molecule has 5 heteroatoms. The molecule has 0 aliphatic carbocycles. The Bertz CT molecular complexity index is 575. The first-order chi connectivity index (χ1) is 8.60. The van der Waals surface area contributed by atoms with E-state index in [0.29, 0.717) is 28.8 Å². The van der Waals surface area contributed by atoms with Crippen molar-refractivity contribution in [2.75, 3.05) is 7.11 Å². The van der Waals surface area contributed by atoms with Gasteiger partial charge in [-0.2, -0.15) is 0 Å². The van der Waals surface area contributed by atoms with E-state index < -0.39 is 0 Å². The first-order valence-electron chi connectivity index (χ1n) is 5.39. The summed E-state index contributed by atoms with van der Waals surface area (Å²) in [6.45, 7) is 2.05. The smallest absolute Gasteiger partial charge is 0.161 e. The Morgan fingerprint density at radius 3 is 2.72 bits per heavy atom. The monoisotopic (exact) mass is 266 g/mol. The van der Waals surface area contributed by atoms with Crippen molar-refractivity contribution in [2.24, 2.45) is 0 Å². The number of ether oxygens (including phenoxy) is 1. The summed E-state index contributed by atoms with van der Waals surface area (Å²) in [4.78, 5) is 8.45. The van der Waals surface area contributed by atoms with Gasteiger partial charge in [0.05, 0.1) is 12.3 Å². The lowest BCUT2D eigenvalue weighted by molar-refractivity contribution is 0.181. The summed E-state index contributed by atoms with van der Waals surface area (Å²) in [7, 11) is 1.58. The highest BCUT2D eigenvalue weighted by Gasteiger charge is 2.07. The highest BCUT2D eigenvalue weighted by atomic mass is 35.5. The zero-order valence-electron chi connectivity index (χ0n) is 10.1. The third-order valence-electron chi connectivity index (χ3n) is 2.46. The van der Waals surface area contributed by atoms with Crippen LogP contribution in [0.2, 0.25) is 5.15 Å². The highest BCUT2D eigenvalue weighted by molar-refractivity contribution is 6.29. The van der Waals surface area contributed by atoms with Gasteiger partial charge in [-0.05, 0) is 36.8 Å². The predicted molar refractivity (Wildman–Crippen MR) is 67.9 cm³/mol. The van der Waals surface area contributed by atoms with Gasteiger partial charge in [0.2, 0.25) is 0 Å². The summed E-state index contributed by atoms with van der Waals surface area (Å²) in [5.41, 5.74) is 1.97. The fraction of sp³-hybridized carbons (Fsp3) is 0.231. The molecule has 0 atom stereocenters. The molecule has 0 bridgehead atoms. The molecule has 0 amide bonds. The number of benzene rings is 1. The van der Waals surface area contributed by atoms with Crippen molar-refractivity contribution in [1.82, 2.24) is 9.97 Å². The van der Waals surface area contributed by atoms with Crippen molar-refractivity contribution >= 4 is 11.6 Å². The molecule has 3 nitrogen and oxygen atoms in total. The van der Waals surface area contributed by atoms with Gasteiger partial charge < -0.3 is 4.74 Å². The van der Waals surface area contributed by atoms with Crippen LogP contribution >= 0.6 is 11.6 Å². The normalized spacial score (nSPS) is 10.7. The summed E-state index contributed by atoms with van der Waals surface area (Å²) in [6.07, 6.45) is 0. The Kier molecular flexibility index (Phi) is 3.89. The van der Waals surface area contributed by atoms with Gasteiger partial charge in [-0.25, -0.2) is 14.4 Å². The third kappa shape index (κ3) is 2.83. The molecule has 18 heavy (non-hydrogen) atoms. The lowest BCUT2D eigenvalue weighted by Gasteiger charge is -2.06. The standard InChI is InChI=1S/C13H12ClFN2O/c1-8-5-9(3-4-11(8)15)13-16-10(7-18-2)6-12(14)17-13/h3-6H,7H2,1-2H3. The average Bonchev–Trinajstić information content (AvgIpc) is 2.32. The highest BCUT2D eigenvalue weighted by Crippen LogP contribution is 2.20. The SMILES string of the molecule is COCc1cc(Cl)nc(-c2ccc(F)c(C)c2)n1. The molecule has 0 saturated heterocycles. The van der Waals surface area contributed by atoms with E-state index in [1.165, 1.54) is 6.07 Å². The van der Waals surface area contributed by atoms with Crippen LogP contribution in [0.1, 0.15) is 11.3 Å². The Hall–Kier alpha value is -1.52. The Labute approximate surface area is 110 Å². The van der Waals surface area contributed by atoms with Gasteiger partial charge in [-0.15, -0.1) is 0 Å². The lowest BCUT2D eigenvalue weighted by atomic mass is 10.1. The van der Waals surface area contributed by atoms with Gasteiger partial charge >= 0.3 is 0 Å².